The largest absolute Gasteiger partial charge is 0.488 e. The summed E-state index contributed by atoms with van der Waals surface area (Å²) in [6.07, 6.45) is -1.76. The number of guanidine groups is 1. The van der Waals surface area contributed by atoms with Gasteiger partial charge in [0.1, 0.15) is 11.9 Å². The smallest absolute Gasteiger partial charge is 0.416 e. The summed E-state index contributed by atoms with van der Waals surface area (Å²) >= 11 is 0. The first-order valence-electron chi connectivity index (χ1n) is 8.66. The SMILES string of the molecule is CCC(CN=C(N)NCCc1ccccn1)Oc1cccc(C(F)(F)F)c1.I. The molecule has 1 unspecified atom stereocenters. The number of nitrogens with two attached hydrogens (primary N) is 1. The molecule has 1 aromatic heterocycles. The summed E-state index contributed by atoms with van der Waals surface area (Å²) in [5.41, 5.74) is 6.03. The summed E-state index contributed by atoms with van der Waals surface area (Å²) in [5.74, 6) is 0.422. The van der Waals surface area contributed by atoms with Crippen LogP contribution in [0.3, 0.4) is 0 Å². The van der Waals surface area contributed by atoms with E-state index >= 15 is 0 Å². The number of nitrogens with zero attached hydrogens (tertiary/aromatic N) is 2. The molecule has 0 saturated heterocycles. The van der Waals surface area contributed by atoms with Gasteiger partial charge in [-0.05, 0) is 36.8 Å². The summed E-state index contributed by atoms with van der Waals surface area (Å²) in [6, 6.07) is 10.5. The van der Waals surface area contributed by atoms with Crippen molar-refractivity contribution in [1.82, 2.24) is 10.3 Å². The summed E-state index contributed by atoms with van der Waals surface area (Å²) in [7, 11) is 0. The molecule has 0 amide bonds. The Morgan fingerprint density at radius 2 is 2.04 bits per heavy atom. The summed E-state index contributed by atoms with van der Waals surface area (Å²) < 4.78 is 43.9. The number of pyridine rings is 1. The maximum absolute atomic E-state index is 12.8. The predicted molar refractivity (Wildman–Crippen MR) is 114 cm³/mol. The molecule has 0 aliphatic carbocycles. The summed E-state index contributed by atoms with van der Waals surface area (Å²) in [5, 5.41) is 2.99. The molecule has 154 valence electrons. The lowest BCUT2D eigenvalue weighted by atomic mass is 10.2. The number of hydrogen-bond acceptors (Lipinski definition) is 3. The van der Waals surface area contributed by atoms with E-state index in [1.807, 2.05) is 25.1 Å². The Kier molecular flexibility index (Phi) is 10.0. The highest BCUT2D eigenvalue weighted by molar-refractivity contribution is 14.0. The fourth-order valence-corrected chi connectivity index (χ4v) is 2.31. The van der Waals surface area contributed by atoms with E-state index in [1.54, 1.807) is 6.20 Å². The summed E-state index contributed by atoms with van der Waals surface area (Å²) in [6.45, 7) is 2.70. The maximum Gasteiger partial charge on any atom is 0.416 e. The van der Waals surface area contributed by atoms with Crippen LogP contribution in [0.2, 0.25) is 0 Å². The molecule has 0 radical (unpaired) electrons. The Labute approximate surface area is 179 Å². The van der Waals surface area contributed by atoms with Crippen molar-refractivity contribution in [2.75, 3.05) is 13.1 Å². The molecule has 0 aliphatic heterocycles. The van der Waals surface area contributed by atoms with Gasteiger partial charge in [-0.1, -0.05) is 19.1 Å². The Balaban J connectivity index is 0.00000392. The van der Waals surface area contributed by atoms with Gasteiger partial charge in [-0.3, -0.25) is 4.98 Å². The van der Waals surface area contributed by atoms with Gasteiger partial charge in [0.15, 0.2) is 5.96 Å². The van der Waals surface area contributed by atoms with Crippen molar-refractivity contribution >= 4 is 29.9 Å². The molecule has 0 saturated carbocycles. The lowest BCUT2D eigenvalue weighted by molar-refractivity contribution is -0.137. The number of halogens is 4. The van der Waals surface area contributed by atoms with E-state index in [9.17, 15) is 13.2 Å². The van der Waals surface area contributed by atoms with Gasteiger partial charge in [0.05, 0.1) is 12.1 Å². The second kappa shape index (κ2) is 11.7. The zero-order valence-electron chi connectivity index (χ0n) is 15.4. The van der Waals surface area contributed by atoms with E-state index in [1.165, 1.54) is 12.1 Å². The number of hydrogen-bond donors (Lipinski definition) is 2. The number of aliphatic imine (C=N–C) groups is 1. The van der Waals surface area contributed by atoms with E-state index < -0.39 is 11.7 Å². The highest BCUT2D eigenvalue weighted by Crippen LogP contribution is 2.31. The average molecular weight is 508 g/mol. The van der Waals surface area contributed by atoms with Crippen molar-refractivity contribution in [3.05, 3.63) is 59.9 Å². The third-order valence-corrected chi connectivity index (χ3v) is 3.80. The molecule has 0 fully saturated rings. The minimum atomic E-state index is -4.40. The van der Waals surface area contributed by atoms with Gasteiger partial charge in [0, 0.05) is 24.9 Å². The number of benzene rings is 1. The number of ether oxygens (including phenoxy) is 1. The molecule has 1 aromatic carbocycles. The van der Waals surface area contributed by atoms with Gasteiger partial charge in [0.25, 0.3) is 0 Å². The standard InChI is InChI=1S/C19H23F3N4O.HI/c1-2-16(27-17-8-5-6-14(12-17)19(20,21)22)13-26-18(23)25-11-9-15-7-3-4-10-24-15;/h3-8,10,12,16H,2,9,11,13H2,1H3,(H3,23,25,26);1H. The minimum Gasteiger partial charge on any atom is -0.488 e. The van der Waals surface area contributed by atoms with Crippen LogP contribution < -0.4 is 15.8 Å². The third-order valence-electron chi connectivity index (χ3n) is 3.80. The predicted octanol–water partition coefficient (Wildman–Crippen LogP) is 4.02. The van der Waals surface area contributed by atoms with E-state index in [0.717, 1.165) is 17.8 Å². The van der Waals surface area contributed by atoms with Crippen molar-refractivity contribution < 1.29 is 17.9 Å². The highest BCUT2D eigenvalue weighted by Gasteiger charge is 2.30. The van der Waals surface area contributed by atoms with Gasteiger partial charge >= 0.3 is 6.18 Å². The van der Waals surface area contributed by atoms with Gasteiger partial charge in [0.2, 0.25) is 0 Å². The topological polar surface area (TPSA) is 72.5 Å². The first kappa shape index (κ1) is 24.0. The lowest BCUT2D eigenvalue weighted by Gasteiger charge is -2.17. The average Bonchev–Trinajstić information content (AvgIpc) is 2.65. The third kappa shape index (κ3) is 8.32. The highest BCUT2D eigenvalue weighted by atomic mass is 127. The molecular formula is C19H24F3IN4O. The molecule has 5 nitrogen and oxygen atoms in total. The van der Waals surface area contributed by atoms with Gasteiger partial charge in [-0.25, -0.2) is 4.99 Å². The molecule has 2 rings (SSSR count). The van der Waals surface area contributed by atoms with Crippen molar-refractivity contribution in [3.63, 3.8) is 0 Å². The zero-order chi connectivity index (χ0) is 19.7. The van der Waals surface area contributed by atoms with E-state index in [-0.39, 0.29) is 48.3 Å². The molecule has 28 heavy (non-hydrogen) atoms. The van der Waals surface area contributed by atoms with Crippen LogP contribution in [0.15, 0.2) is 53.7 Å². The molecule has 9 heteroatoms. The van der Waals surface area contributed by atoms with Crippen LogP contribution in [0.25, 0.3) is 0 Å². The van der Waals surface area contributed by atoms with Crippen LogP contribution in [-0.2, 0) is 12.6 Å². The number of alkyl halides is 3. The quantitative estimate of drug-likeness (QED) is 0.321. The second-order valence-corrected chi connectivity index (χ2v) is 5.90. The Morgan fingerprint density at radius 3 is 2.68 bits per heavy atom. The van der Waals surface area contributed by atoms with E-state index in [2.05, 4.69) is 15.3 Å². The fraction of sp³-hybridized carbons (Fsp3) is 0.368. The van der Waals surface area contributed by atoms with Crippen LogP contribution in [0.5, 0.6) is 5.75 Å². The Hall–Kier alpha value is -2.04. The Morgan fingerprint density at radius 1 is 1.25 bits per heavy atom. The van der Waals surface area contributed by atoms with Gasteiger partial charge in [-0.2, -0.15) is 13.2 Å². The second-order valence-electron chi connectivity index (χ2n) is 5.90. The maximum atomic E-state index is 12.8. The molecule has 0 spiro atoms. The van der Waals surface area contributed by atoms with Crippen molar-refractivity contribution in [1.29, 1.82) is 0 Å². The van der Waals surface area contributed by atoms with Crippen LogP contribution in [0.4, 0.5) is 13.2 Å². The van der Waals surface area contributed by atoms with Crippen LogP contribution in [0, 0.1) is 0 Å². The molecule has 1 heterocycles. The molecule has 0 aliphatic rings. The van der Waals surface area contributed by atoms with Crippen molar-refractivity contribution in [3.8, 4) is 5.75 Å². The van der Waals surface area contributed by atoms with Crippen molar-refractivity contribution in [2.45, 2.75) is 32.0 Å². The van der Waals surface area contributed by atoms with Crippen LogP contribution in [0.1, 0.15) is 24.6 Å². The molecule has 0 bridgehead atoms. The van der Waals surface area contributed by atoms with Gasteiger partial charge < -0.3 is 15.8 Å². The van der Waals surface area contributed by atoms with Crippen LogP contribution >= 0.6 is 24.0 Å². The molecule has 1 atom stereocenters. The summed E-state index contributed by atoms with van der Waals surface area (Å²) in [4.78, 5) is 8.42. The lowest BCUT2D eigenvalue weighted by Crippen LogP contribution is -2.34. The van der Waals surface area contributed by atoms with E-state index in [4.69, 9.17) is 10.5 Å². The minimum absolute atomic E-state index is 0. The zero-order valence-corrected chi connectivity index (χ0v) is 17.8. The van der Waals surface area contributed by atoms with Gasteiger partial charge in [-0.15, -0.1) is 24.0 Å². The fourth-order valence-electron chi connectivity index (χ4n) is 2.31. The van der Waals surface area contributed by atoms with Crippen LogP contribution in [-0.4, -0.2) is 30.1 Å². The number of aromatic nitrogens is 1. The molecular weight excluding hydrogens is 484 g/mol. The van der Waals surface area contributed by atoms with Crippen molar-refractivity contribution in [2.24, 2.45) is 10.7 Å². The molecule has 3 N–H and O–H groups in total. The normalized spacial score (nSPS) is 12.8. The Bertz CT molecular complexity index is 741. The van der Waals surface area contributed by atoms with E-state index in [0.29, 0.717) is 19.4 Å². The monoisotopic (exact) mass is 508 g/mol. The number of nitrogens with one attached hydrogen (secondary N) is 1. The number of rotatable bonds is 8. The first-order valence-corrected chi connectivity index (χ1v) is 8.66. The first-order chi connectivity index (χ1) is 12.9. The molecule has 2 aromatic rings.